The van der Waals surface area contributed by atoms with E-state index in [0.717, 1.165) is 19.4 Å². The molecule has 1 amide bonds. The Kier molecular flexibility index (Phi) is 5.41. The Balaban J connectivity index is 2.11. The summed E-state index contributed by atoms with van der Waals surface area (Å²) in [5.74, 6) is -0.458. The molecule has 3 N–H and O–H groups in total. The van der Waals surface area contributed by atoms with Crippen LogP contribution in [0, 0.1) is 0 Å². The van der Waals surface area contributed by atoms with Crippen LogP contribution in [0.15, 0.2) is 18.2 Å². The average Bonchev–Trinajstić information content (AvgIpc) is 2.94. The van der Waals surface area contributed by atoms with Crippen LogP contribution in [0.3, 0.4) is 0 Å². The predicted molar refractivity (Wildman–Crippen MR) is 78.6 cm³/mol. The molecule has 1 aliphatic heterocycles. The first-order chi connectivity index (χ1) is 10.1. The molecule has 0 aromatic heterocycles. The van der Waals surface area contributed by atoms with Crippen LogP contribution in [0.2, 0.25) is 0 Å². The first-order valence-corrected chi connectivity index (χ1v) is 7.15. The third kappa shape index (κ3) is 4.34. The summed E-state index contributed by atoms with van der Waals surface area (Å²) >= 11 is 0. The van der Waals surface area contributed by atoms with Crippen LogP contribution in [-0.2, 0) is 4.74 Å². The third-order valence-electron chi connectivity index (χ3n) is 3.61. The molecule has 6 nitrogen and oxygen atoms in total. The molecular formula is C15H22N2O4. The van der Waals surface area contributed by atoms with Crippen molar-refractivity contribution in [3.63, 3.8) is 0 Å². The molecule has 0 saturated carbocycles. The number of hydrogen-bond donors (Lipinski definition) is 3. The van der Waals surface area contributed by atoms with Gasteiger partial charge in [0.05, 0.1) is 6.61 Å². The Morgan fingerprint density at radius 3 is 2.67 bits per heavy atom. The van der Waals surface area contributed by atoms with Crippen molar-refractivity contribution in [1.82, 2.24) is 10.2 Å². The monoisotopic (exact) mass is 294 g/mol. The van der Waals surface area contributed by atoms with E-state index < -0.39 is 0 Å². The summed E-state index contributed by atoms with van der Waals surface area (Å²) in [6.07, 6.45) is 2.16. The van der Waals surface area contributed by atoms with E-state index in [1.165, 1.54) is 18.2 Å². The number of phenols is 2. The second-order valence-electron chi connectivity index (χ2n) is 5.28. The summed E-state index contributed by atoms with van der Waals surface area (Å²) in [5, 5.41) is 22.4. The summed E-state index contributed by atoms with van der Waals surface area (Å²) in [6.45, 7) is 2.50. The fourth-order valence-corrected chi connectivity index (χ4v) is 2.56. The topological polar surface area (TPSA) is 82.0 Å². The van der Waals surface area contributed by atoms with Gasteiger partial charge in [-0.3, -0.25) is 4.79 Å². The van der Waals surface area contributed by atoms with Crippen LogP contribution >= 0.6 is 0 Å². The predicted octanol–water partition coefficient (Wildman–Crippen LogP) is 0.938. The largest absolute Gasteiger partial charge is 0.508 e. The summed E-state index contributed by atoms with van der Waals surface area (Å²) in [6, 6.07) is 4.22. The number of hydrogen-bond acceptors (Lipinski definition) is 5. The van der Waals surface area contributed by atoms with Crippen molar-refractivity contribution in [2.45, 2.75) is 18.9 Å². The molecule has 1 saturated heterocycles. The van der Waals surface area contributed by atoms with Gasteiger partial charge in [-0.25, -0.2) is 0 Å². The third-order valence-corrected chi connectivity index (χ3v) is 3.61. The Bertz CT molecular complexity index is 466. The van der Waals surface area contributed by atoms with Gasteiger partial charge in [0.1, 0.15) is 11.5 Å². The first-order valence-electron chi connectivity index (χ1n) is 7.15. The van der Waals surface area contributed by atoms with Gasteiger partial charge in [-0.05, 0) is 31.5 Å². The molecule has 1 atom stereocenters. The van der Waals surface area contributed by atoms with Gasteiger partial charge in [0.2, 0.25) is 0 Å². The second-order valence-corrected chi connectivity index (χ2v) is 5.28. The van der Waals surface area contributed by atoms with E-state index in [2.05, 4.69) is 5.32 Å². The van der Waals surface area contributed by atoms with Crippen molar-refractivity contribution in [3.05, 3.63) is 23.8 Å². The Morgan fingerprint density at radius 2 is 2.10 bits per heavy atom. The number of nitrogens with zero attached hydrogens (tertiary/aromatic N) is 1. The molecule has 1 aliphatic rings. The number of nitrogens with one attached hydrogen (secondary N) is 1. The molecule has 2 rings (SSSR count). The molecule has 1 unspecified atom stereocenters. The number of methoxy groups -OCH3 is 1. The first kappa shape index (κ1) is 15.6. The smallest absolute Gasteiger partial charge is 0.254 e. The summed E-state index contributed by atoms with van der Waals surface area (Å²) in [5.41, 5.74) is 0.279. The van der Waals surface area contributed by atoms with Crippen LogP contribution in [0.5, 0.6) is 11.5 Å². The molecule has 1 fully saturated rings. The highest BCUT2D eigenvalue weighted by atomic mass is 16.5. The molecule has 0 spiro atoms. The van der Waals surface area contributed by atoms with E-state index >= 15 is 0 Å². The number of carbonyl (C=O) groups excluding carboxylic acids is 1. The van der Waals surface area contributed by atoms with Gasteiger partial charge in [-0.2, -0.15) is 0 Å². The molecule has 116 valence electrons. The van der Waals surface area contributed by atoms with Crippen molar-refractivity contribution in [2.24, 2.45) is 0 Å². The van der Waals surface area contributed by atoms with E-state index in [1.54, 1.807) is 12.0 Å². The van der Waals surface area contributed by atoms with E-state index in [9.17, 15) is 15.0 Å². The highest BCUT2D eigenvalue weighted by Crippen LogP contribution is 2.22. The number of aromatic hydroxyl groups is 2. The lowest BCUT2D eigenvalue weighted by atomic mass is 10.1. The number of ether oxygens (including phenoxy) is 1. The van der Waals surface area contributed by atoms with Crippen LogP contribution in [-0.4, -0.2) is 60.4 Å². The van der Waals surface area contributed by atoms with Gasteiger partial charge in [0, 0.05) is 37.9 Å². The fourth-order valence-electron chi connectivity index (χ4n) is 2.56. The van der Waals surface area contributed by atoms with Crippen molar-refractivity contribution < 1.29 is 19.7 Å². The normalized spacial score (nSPS) is 17.9. The van der Waals surface area contributed by atoms with Gasteiger partial charge in [0.25, 0.3) is 5.91 Å². The maximum atomic E-state index is 12.6. The standard InChI is InChI=1S/C15H22N2O4/c1-21-6-5-17(10-12-3-2-4-16-12)15(20)11-7-13(18)9-14(19)8-11/h7-9,12,16,18-19H,2-6,10H2,1H3. The minimum absolute atomic E-state index is 0.121. The lowest BCUT2D eigenvalue weighted by molar-refractivity contribution is 0.0678. The quantitative estimate of drug-likeness (QED) is 0.727. The van der Waals surface area contributed by atoms with Gasteiger partial charge in [-0.1, -0.05) is 0 Å². The van der Waals surface area contributed by atoms with Gasteiger partial charge in [-0.15, -0.1) is 0 Å². The number of benzene rings is 1. The molecule has 21 heavy (non-hydrogen) atoms. The van der Waals surface area contributed by atoms with Crippen molar-refractivity contribution in [1.29, 1.82) is 0 Å². The lowest BCUT2D eigenvalue weighted by Gasteiger charge is -2.26. The second kappa shape index (κ2) is 7.28. The molecule has 1 aromatic carbocycles. The highest BCUT2D eigenvalue weighted by Gasteiger charge is 2.22. The van der Waals surface area contributed by atoms with Crippen LogP contribution in [0.4, 0.5) is 0 Å². The molecule has 0 bridgehead atoms. The van der Waals surface area contributed by atoms with Gasteiger partial charge < -0.3 is 25.2 Å². The van der Waals surface area contributed by atoms with E-state index in [4.69, 9.17) is 4.74 Å². The summed E-state index contributed by atoms with van der Waals surface area (Å²) in [4.78, 5) is 14.3. The van der Waals surface area contributed by atoms with Crippen molar-refractivity contribution >= 4 is 5.91 Å². The van der Waals surface area contributed by atoms with E-state index in [1.807, 2.05) is 0 Å². The maximum Gasteiger partial charge on any atom is 0.254 e. The minimum atomic E-state index is -0.216. The zero-order valence-corrected chi connectivity index (χ0v) is 12.2. The Morgan fingerprint density at radius 1 is 1.38 bits per heavy atom. The Hall–Kier alpha value is -1.79. The van der Waals surface area contributed by atoms with Crippen molar-refractivity contribution in [2.75, 3.05) is 33.4 Å². The number of rotatable bonds is 6. The highest BCUT2D eigenvalue weighted by molar-refractivity contribution is 5.95. The SMILES string of the molecule is COCCN(CC1CCCN1)C(=O)c1cc(O)cc(O)c1. The number of carbonyl (C=O) groups is 1. The fraction of sp³-hybridized carbons (Fsp3) is 0.533. The maximum absolute atomic E-state index is 12.6. The van der Waals surface area contributed by atoms with Crippen LogP contribution < -0.4 is 5.32 Å². The van der Waals surface area contributed by atoms with Crippen LogP contribution in [0.1, 0.15) is 23.2 Å². The summed E-state index contributed by atoms with van der Waals surface area (Å²) < 4.78 is 5.06. The Labute approximate surface area is 124 Å². The van der Waals surface area contributed by atoms with Gasteiger partial charge in [0.15, 0.2) is 0 Å². The zero-order valence-electron chi connectivity index (χ0n) is 12.2. The number of phenolic OH excluding ortho intramolecular Hbond substituents is 2. The molecule has 0 aliphatic carbocycles. The number of amides is 1. The minimum Gasteiger partial charge on any atom is -0.508 e. The molecule has 6 heteroatoms. The van der Waals surface area contributed by atoms with E-state index in [-0.39, 0.29) is 29.0 Å². The van der Waals surface area contributed by atoms with Gasteiger partial charge >= 0.3 is 0 Å². The molecule has 1 aromatic rings. The average molecular weight is 294 g/mol. The van der Waals surface area contributed by atoms with Crippen molar-refractivity contribution in [3.8, 4) is 11.5 Å². The molecule has 0 radical (unpaired) electrons. The van der Waals surface area contributed by atoms with Crippen LogP contribution in [0.25, 0.3) is 0 Å². The lowest BCUT2D eigenvalue weighted by Crippen LogP contribution is -2.42. The zero-order chi connectivity index (χ0) is 15.2. The molecule has 1 heterocycles. The molecular weight excluding hydrogens is 272 g/mol. The summed E-state index contributed by atoms with van der Waals surface area (Å²) in [7, 11) is 1.59. The van der Waals surface area contributed by atoms with E-state index in [0.29, 0.717) is 19.7 Å².